The second-order valence-corrected chi connectivity index (χ2v) is 13.7. The molecule has 2 aromatic rings. The molecule has 2 heterocycles. The topological polar surface area (TPSA) is 57.2 Å². The summed E-state index contributed by atoms with van der Waals surface area (Å²) in [6.45, 7) is 8.38. The molecule has 2 aliphatic carbocycles. The molecule has 0 radical (unpaired) electrons. The maximum absolute atomic E-state index is 14.8. The van der Waals surface area contributed by atoms with Gasteiger partial charge in [-0.3, -0.25) is 14.7 Å². The largest absolute Gasteiger partial charge is 0.412 e. The first-order chi connectivity index (χ1) is 23.0. The minimum atomic E-state index is -4.51. The highest BCUT2D eigenvalue weighted by atomic mass is 35.5. The molecule has 254 valence electrons. The van der Waals surface area contributed by atoms with Crippen LogP contribution in [0.25, 0.3) is 0 Å². The molecule has 1 saturated heterocycles. The molecule has 6 nitrogen and oxygen atoms in total. The average Bonchev–Trinajstić information content (AvgIpc) is 3.45. The zero-order valence-corrected chi connectivity index (χ0v) is 28.4. The minimum absolute atomic E-state index is 0.274. The first kappa shape index (κ1) is 34.6. The van der Waals surface area contributed by atoms with Gasteiger partial charge in [-0.2, -0.15) is 13.2 Å². The number of halogens is 5. The van der Waals surface area contributed by atoms with E-state index in [9.17, 15) is 18.0 Å². The third kappa shape index (κ3) is 7.81. The lowest BCUT2D eigenvalue weighted by molar-refractivity contribution is -0.124. The van der Waals surface area contributed by atoms with Crippen molar-refractivity contribution in [2.45, 2.75) is 57.2 Å². The van der Waals surface area contributed by atoms with Gasteiger partial charge in [-0.15, -0.1) is 0 Å². The summed E-state index contributed by atoms with van der Waals surface area (Å²) in [6.07, 6.45) is 2.91. The lowest BCUT2D eigenvalue weighted by atomic mass is 9.90. The monoisotopic (exact) mass is 698 g/mol. The predicted octanol–water partition coefficient (Wildman–Crippen LogP) is 8.04. The van der Waals surface area contributed by atoms with E-state index in [1.165, 1.54) is 6.08 Å². The number of amides is 1. The standard InChI is InChI=1S/C37H39Cl2F3N4O2/c1-23(2)48-32-21-28(37(40,41)42)11-16-31(32)35-44-33(25-7-12-29(38)13-8-25)34(26-9-14-30(39)15-10-26)46(35)36(47)27-5-3-24(4-6-27)22-45-19-17-43-18-20-45/h3,5-16,23-24,32-34,43H,4,17-22H2,1-2H3. The van der Waals surface area contributed by atoms with Crippen LogP contribution in [0.15, 0.2) is 101 Å². The van der Waals surface area contributed by atoms with E-state index in [2.05, 4.69) is 16.3 Å². The molecule has 4 unspecified atom stereocenters. The first-order valence-corrected chi connectivity index (χ1v) is 17.1. The summed E-state index contributed by atoms with van der Waals surface area (Å²) in [5.74, 6) is 0.285. The van der Waals surface area contributed by atoms with E-state index in [-0.39, 0.29) is 24.3 Å². The van der Waals surface area contributed by atoms with Crippen molar-refractivity contribution in [3.63, 3.8) is 0 Å². The Kier molecular flexibility index (Phi) is 10.6. The molecule has 1 amide bonds. The maximum atomic E-state index is 14.8. The van der Waals surface area contributed by atoms with Crippen molar-refractivity contribution in [3.05, 3.63) is 117 Å². The van der Waals surface area contributed by atoms with Crippen molar-refractivity contribution < 1.29 is 22.7 Å². The van der Waals surface area contributed by atoms with Crippen LogP contribution in [0.5, 0.6) is 0 Å². The Morgan fingerprint density at radius 2 is 1.65 bits per heavy atom. The molecule has 1 fully saturated rings. The molecule has 11 heteroatoms. The molecule has 6 rings (SSSR count). The lowest BCUT2D eigenvalue weighted by Gasteiger charge is -2.34. The smallest absolute Gasteiger partial charge is 0.370 e. The van der Waals surface area contributed by atoms with Gasteiger partial charge in [-0.1, -0.05) is 77.8 Å². The van der Waals surface area contributed by atoms with Crippen LogP contribution in [0, 0.1) is 5.92 Å². The van der Waals surface area contributed by atoms with Crippen LogP contribution in [0.1, 0.15) is 49.9 Å². The molecule has 4 atom stereocenters. The molecule has 0 saturated carbocycles. The van der Waals surface area contributed by atoms with Crippen LogP contribution >= 0.6 is 23.2 Å². The summed E-state index contributed by atoms with van der Waals surface area (Å²) < 4.78 is 47.9. The van der Waals surface area contributed by atoms with E-state index in [1.54, 1.807) is 43.0 Å². The van der Waals surface area contributed by atoms with Gasteiger partial charge in [0.15, 0.2) is 0 Å². The first-order valence-electron chi connectivity index (χ1n) is 16.4. The predicted molar refractivity (Wildman–Crippen MR) is 184 cm³/mol. The summed E-state index contributed by atoms with van der Waals surface area (Å²) in [4.78, 5) is 24.0. The fourth-order valence-corrected chi connectivity index (χ4v) is 7.01. The molecule has 2 aliphatic heterocycles. The summed E-state index contributed by atoms with van der Waals surface area (Å²) >= 11 is 12.5. The maximum Gasteiger partial charge on any atom is 0.412 e. The molecule has 2 aromatic carbocycles. The number of rotatable bonds is 8. The van der Waals surface area contributed by atoms with Crippen molar-refractivity contribution in [1.29, 1.82) is 0 Å². The number of carbonyl (C=O) groups is 1. The van der Waals surface area contributed by atoms with Gasteiger partial charge in [-0.05, 0) is 61.6 Å². The highest BCUT2D eigenvalue weighted by Gasteiger charge is 2.46. The zero-order chi connectivity index (χ0) is 34.0. The lowest BCUT2D eigenvalue weighted by Crippen LogP contribution is -2.45. The van der Waals surface area contributed by atoms with Crippen molar-refractivity contribution in [1.82, 2.24) is 15.1 Å². The second-order valence-electron chi connectivity index (χ2n) is 12.9. The van der Waals surface area contributed by atoms with Crippen molar-refractivity contribution >= 4 is 34.9 Å². The van der Waals surface area contributed by atoms with Gasteiger partial charge < -0.3 is 15.0 Å². The van der Waals surface area contributed by atoms with E-state index >= 15 is 0 Å². The fraction of sp³-hybridized carbons (Fsp3) is 0.405. The van der Waals surface area contributed by atoms with Gasteiger partial charge in [0.1, 0.15) is 11.9 Å². The highest BCUT2D eigenvalue weighted by molar-refractivity contribution is 6.30. The van der Waals surface area contributed by atoms with Crippen LogP contribution in [-0.4, -0.2) is 72.7 Å². The number of piperazine rings is 1. The number of hydrogen-bond acceptors (Lipinski definition) is 5. The van der Waals surface area contributed by atoms with Crippen molar-refractivity contribution in [3.8, 4) is 0 Å². The Hall–Kier alpha value is -3.21. The van der Waals surface area contributed by atoms with Crippen molar-refractivity contribution in [2.75, 3.05) is 32.7 Å². The third-order valence-corrected chi connectivity index (χ3v) is 9.63. The Labute approximate surface area is 289 Å². The number of amidine groups is 1. The van der Waals surface area contributed by atoms with E-state index in [4.69, 9.17) is 32.9 Å². The second kappa shape index (κ2) is 14.7. The van der Waals surface area contributed by atoms with Gasteiger partial charge >= 0.3 is 6.18 Å². The van der Waals surface area contributed by atoms with Crippen LogP contribution in [0.4, 0.5) is 13.2 Å². The molecular weight excluding hydrogens is 660 g/mol. The number of alkyl halides is 3. The Balaban J connectivity index is 1.43. The number of ether oxygens (including phenoxy) is 1. The van der Waals surface area contributed by atoms with Gasteiger partial charge in [0.25, 0.3) is 5.91 Å². The number of nitrogens with zero attached hydrogens (tertiary/aromatic N) is 3. The Morgan fingerprint density at radius 1 is 1.00 bits per heavy atom. The number of benzene rings is 2. The molecular formula is C37H39Cl2F3N4O2. The van der Waals surface area contributed by atoms with E-state index in [1.807, 2.05) is 36.4 Å². The molecule has 0 aromatic heterocycles. The Morgan fingerprint density at radius 3 is 2.23 bits per heavy atom. The number of nitrogens with one attached hydrogen (secondary N) is 1. The molecule has 48 heavy (non-hydrogen) atoms. The SMILES string of the molecule is CC(C)OC1CC(C(F)(F)F)=CC=C1C1=NC(c2ccc(Cl)cc2)C(c2ccc(Cl)cc2)N1C(=O)C1=CCC(CN2CCNCC2)C=C1. The molecule has 1 N–H and O–H groups in total. The van der Waals surface area contributed by atoms with Crippen LogP contribution in [0.3, 0.4) is 0 Å². The summed E-state index contributed by atoms with van der Waals surface area (Å²) in [6, 6.07) is 13.3. The molecule has 0 bridgehead atoms. The number of allylic oxidation sites excluding steroid dienone is 3. The molecule has 0 spiro atoms. The quantitative estimate of drug-likeness (QED) is 0.303. The van der Waals surface area contributed by atoms with E-state index < -0.39 is 29.9 Å². The molecule has 4 aliphatic rings. The van der Waals surface area contributed by atoms with Gasteiger partial charge in [0.05, 0.1) is 18.2 Å². The van der Waals surface area contributed by atoms with E-state index in [0.29, 0.717) is 33.4 Å². The number of hydrogen-bond donors (Lipinski definition) is 1. The normalized spacial score (nSPS) is 25.1. The van der Waals surface area contributed by atoms with Gasteiger partial charge in [0.2, 0.25) is 0 Å². The fourth-order valence-electron chi connectivity index (χ4n) is 6.76. The minimum Gasteiger partial charge on any atom is -0.370 e. The van der Waals surface area contributed by atoms with Gasteiger partial charge in [0, 0.05) is 65.9 Å². The van der Waals surface area contributed by atoms with Gasteiger partial charge in [-0.25, -0.2) is 0 Å². The summed E-state index contributed by atoms with van der Waals surface area (Å²) in [5, 5.41) is 4.47. The highest BCUT2D eigenvalue weighted by Crippen LogP contribution is 2.47. The van der Waals surface area contributed by atoms with Crippen LogP contribution < -0.4 is 5.32 Å². The summed E-state index contributed by atoms with van der Waals surface area (Å²) in [5.41, 5.74) is 1.84. The zero-order valence-electron chi connectivity index (χ0n) is 26.9. The van der Waals surface area contributed by atoms with E-state index in [0.717, 1.165) is 49.9 Å². The van der Waals surface area contributed by atoms with Crippen LogP contribution in [0.2, 0.25) is 10.0 Å². The van der Waals surface area contributed by atoms with Crippen LogP contribution in [-0.2, 0) is 9.53 Å². The third-order valence-electron chi connectivity index (χ3n) is 9.12. The average molecular weight is 700 g/mol. The number of carbonyl (C=O) groups excluding carboxylic acids is 1. The Bertz CT molecular complexity index is 1640. The van der Waals surface area contributed by atoms with Crippen molar-refractivity contribution in [2.24, 2.45) is 10.9 Å². The number of aliphatic imine (C=N–C) groups is 1. The summed E-state index contributed by atoms with van der Waals surface area (Å²) in [7, 11) is 0.